The van der Waals surface area contributed by atoms with Crippen molar-refractivity contribution in [2.24, 2.45) is 0 Å². The molecule has 0 bridgehead atoms. The summed E-state index contributed by atoms with van der Waals surface area (Å²) in [6.07, 6.45) is 3.40. The zero-order valence-electron chi connectivity index (χ0n) is 11.4. The summed E-state index contributed by atoms with van der Waals surface area (Å²) in [7, 11) is 1.31. The second kappa shape index (κ2) is 5.34. The maximum absolute atomic E-state index is 11.5. The Morgan fingerprint density at radius 1 is 1.45 bits per heavy atom. The first-order chi connectivity index (χ1) is 9.72. The molecule has 2 aliphatic heterocycles. The lowest BCUT2D eigenvalue weighted by Crippen LogP contribution is -2.49. The van der Waals surface area contributed by atoms with Crippen LogP contribution in [0, 0.1) is 0 Å². The second-order valence-corrected chi connectivity index (χ2v) is 4.86. The van der Waals surface area contributed by atoms with E-state index < -0.39 is 11.8 Å². The van der Waals surface area contributed by atoms with Crippen molar-refractivity contribution < 1.29 is 19.0 Å². The van der Waals surface area contributed by atoms with Crippen LogP contribution in [0.5, 0.6) is 0 Å². The van der Waals surface area contributed by atoms with Gasteiger partial charge in [-0.1, -0.05) is 0 Å². The van der Waals surface area contributed by atoms with Gasteiger partial charge in [0.25, 0.3) is 0 Å². The number of esters is 1. The van der Waals surface area contributed by atoms with Crippen LogP contribution in [-0.2, 0) is 14.2 Å². The fourth-order valence-electron chi connectivity index (χ4n) is 2.63. The second-order valence-electron chi connectivity index (χ2n) is 4.86. The molecule has 0 atom stereocenters. The molecule has 0 N–H and O–H groups in total. The minimum absolute atomic E-state index is 0.0675. The van der Waals surface area contributed by atoms with E-state index in [9.17, 15) is 4.79 Å². The third kappa shape index (κ3) is 2.46. The molecule has 2 saturated heterocycles. The van der Waals surface area contributed by atoms with Crippen molar-refractivity contribution in [2.45, 2.75) is 18.6 Å². The Hall–Kier alpha value is -1.73. The lowest BCUT2D eigenvalue weighted by Gasteiger charge is -2.39. The van der Waals surface area contributed by atoms with Crippen LogP contribution in [0.15, 0.2) is 12.3 Å². The van der Waals surface area contributed by atoms with Crippen molar-refractivity contribution in [3.63, 3.8) is 0 Å². The zero-order chi connectivity index (χ0) is 14.0. The van der Waals surface area contributed by atoms with Crippen molar-refractivity contribution in [1.82, 2.24) is 9.97 Å². The molecule has 20 heavy (non-hydrogen) atoms. The lowest BCUT2D eigenvalue weighted by molar-refractivity contribution is -0.161. The van der Waals surface area contributed by atoms with Crippen LogP contribution in [0.1, 0.15) is 23.5 Å². The minimum Gasteiger partial charge on any atom is -0.463 e. The van der Waals surface area contributed by atoms with Crippen molar-refractivity contribution in [3.8, 4) is 0 Å². The van der Waals surface area contributed by atoms with Gasteiger partial charge in [-0.05, 0) is 12.5 Å². The third-order valence-electron chi connectivity index (χ3n) is 3.56. The number of hydrogen-bond donors (Lipinski definition) is 0. The van der Waals surface area contributed by atoms with Gasteiger partial charge in [-0.3, -0.25) is 0 Å². The molecule has 0 radical (unpaired) electrons. The van der Waals surface area contributed by atoms with Gasteiger partial charge < -0.3 is 19.1 Å². The number of carbonyl (C=O) groups excluding carboxylic acids is 1. The normalized spacial score (nSPS) is 21.1. The summed E-state index contributed by atoms with van der Waals surface area (Å²) < 4.78 is 16.1. The Balaban J connectivity index is 1.80. The van der Waals surface area contributed by atoms with E-state index in [0.717, 1.165) is 19.4 Å². The number of aromatic nitrogens is 2. The molecule has 0 amide bonds. The molecule has 0 aliphatic carbocycles. The van der Waals surface area contributed by atoms with Crippen LogP contribution >= 0.6 is 0 Å². The van der Waals surface area contributed by atoms with Crippen LogP contribution < -0.4 is 4.90 Å². The Kier molecular flexibility index (Phi) is 3.54. The molecule has 1 aromatic heterocycles. The summed E-state index contributed by atoms with van der Waals surface area (Å²) in [5.74, 6) is -0.294. The predicted octanol–water partition coefficient (Wildman–Crippen LogP) is 0.607. The number of hydrogen-bond acceptors (Lipinski definition) is 7. The van der Waals surface area contributed by atoms with E-state index in [0.29, 0.717) is 25.6 Å². The number of nitrogens with zero attached hydrogens (tertiary/aromatic N) is 3. The van der Waals surface area contributed by atoms with E-state index in [-0.39, 0.29) is 5.82 Å². The molecule has 1 spiro atoms. The van der Waals surface area contributed by atoms with Gasteiger partial charge in [0.15, 0.2) is 5.79 Å². The lowest BCUT2D eigenvalue weighted by atomic mass is 10.0. The number of piperidine rings is 1. The summed E-state index contributed by atoms with van der Waals surface area (Å²) in [4.78, 5) is 21.7. The molecule has 0 aromatic carbocycles. The molecular weight excluding hydrogens is 262 g/mol. The van der Waals surface area contributed by atoms with Crippen LogP contribution in [-0.4, -0.2) is 55.1 Å². The smallest absolute Gasteiger partial charge is 0.376 e. The van der Waals surface area contributed by atoms with E-state index in [1.165, 1.54) is 7.11 Å². The van der Waals surface area contributed by atoms with E-state index in [2.05, 4.69) is 19.6 Å². The maximum atomic E-state index is 11.5. The number of carbonyl (C=O) groups is 1. The highest BCUT2D eigenvalue weighted by Gasteiger charge is 2.41. The molecule has 2 fully saturated rings. The molecule has 7 heteroatoms. The fourth-order valence-corrected chi connectivity index (χ4v) is 2.63. The first-order valence-corrected chi connectivity index (χ1v) is 6.67. The highest BCUT2D eigenvalue weighted by molar-refractivity contribution is 5.85. The van der Waals surface area contributed by atoms with Gasteiger partial charge in [0.2, 0.25) is 5.82 Å². The monoisotopic (exact) mass is 279 g/mol. The molecule has 2 aliphatic rings. The third-order valence-corrected chi connectivity index (χ3v) is 3.56. The van der Waals surface area contributed by atoms with Crippen molar-refractivity contribution in [1.29, 1.82) is 0 Å². The van der Waals surface area contributed by atoms with Crippen molar-refractivity contribution in [3.05, 3.63) is 18.1 Å². The average Bonchev–Trinajstić information content (AvgIpc) is 2.94. The van der Waals surface area contributed by atoms with Crippen molar-refractivity contribution >= 4 is 11.8 Å². The highest BCUT2D eigenvalue weighted by Crippen LogP contribution is 2.31. The Labute approximate surface area is 116 Å². The van der Waals surface area contributed by atoms with Crippen LogP contribution in [0.25, 0.3) is 0 Å². The van der Waals surface area contributed by atoms with E-state index in [4.69, 9.17) is 9.47 Å². The standard InChI is InChI=1S/C13H17N3O4/c1-18-12(17)11-14-5-3-10(15-11)16-6-2-4-13(9-16)19-7-8-20-13/h3,5H,2,4,6-9H2,1H3. The molecule has 0 saturated carbocycles. The Bertz CT molecular complexity index is 502. The van der Waals surface area contributed by atoms with Gasteiger partial charge in [-0.15, -0.1) is 0 Å². The number of anilines is 1. The first kappa shape index (κ1) is 13.3. The number of methoxy groups -OCH3 is 1. The van der Waals surface area contributed by atoms with Crippen LogP contribution in [0.4, 0.5) is 5.82 Å². The maximum Gasteiger partial charge on any atom is 0.376 e. The van der Waals surface area contributed by atoms with Gasteiger partial charge in [-0.25, -0.2) is 14.8 Å². The minimum atomic E-state index is -0.535. The average molecular weight is 279 g/mol. The van der Waals surface area contributed by atoms with Crippen LogP contribution in [0.3, 0.4) is 0 Å². The van der Waals surface area contributed by atoms with E-state index in [1.807, 2.05) is 0 Å². The largest absolute Gasteiger partial charge is 0.463 e. The highest BCUT2D eigenvalue weighted by atomic mass is 16.7. The summed E-state index contributed by atoms with van der Waals surface area (Å²) in [5, 5.41) is 0. The molecule has 7 nitrogen and oxygen atoms in total. The Morgan fingerprint density at radius 2 is 2.25 bits per heavy atom. The number of rotatable bonds is 2. The molecule has 0 unspecified atom stereocenters. The summed E-state index contributed by atoms with van der Waals surface area (Å²) in [5.41, 5.74) is 0. The predicted molar refractivity (Wildman–Crippen MR) is 69.5 cm³/mol. The van der Waals surface area contributed by atoms with Gasteiger partial charge in [0.1, 0.15) is 5.82 Å². The molecule has 1 aromatic rings. The molecule has 108 valence electrons. The van der Waals surface area contributed by atoms with E-state index in [1.54, 1.807) is 12.3 Å². The molecule has 3 rings (SSSR count). The SMILES string of the molecule is COC(=O)c1nccc(N2CCCC3(C2)OCCO3)n1. The Morgan fingerprint density at radius 3 is 3.00 bits per heavy atom. The fraction of sp³-hybridized carbons (Fsp3) is 0.615. The summed E-state index contributed by atoms with van der Waals surface area (Å²) in [6.45, 7) is 2.73. The van der Waals surface area contributed by atoms with Crippen molar-refractivity contribution in [2.75, 3.05) is 38.3 Å². The quantitative estimate of drug-likeness (QED) is 0.734. The van der Waals surface area contributed by atoms with Gasteiger partial charge >= 0.3 is 5.97 Å². The summed E-state index contributed by atoms with van der Waals surface area (Å²) >= 11 is 0. The number of ether oxygens (including phenoxy) is 3. The molecular formula is C13H17N3O4. The first-order valence-electron chi connectivity index (χ1n) is 6.67. The van der Waals surface area contributed by atoms with Gasteiger partial charge in [-0.2, -0.15) is 0 Å². The zero-order valence-corrected chi connectivity index (χ0v) is 11.4. The van der Waals surface area contributed by atoms with Gasteiger partial charge in [0, 0.05) is 19.2 Å². The van der Waals surface area contributed by atoms with Gasteiger partial charge in [0.05, 0.1) is 26.9 Å². The molecule has 3 heterocycles. The van der Waals surface area contributed by atoms with Crippen LogP contribution in [0.2, 0.25) is 0 Å². The summed E-state index contributed by atoms with van der Waals surface area (Å²) in [6, 6.07) is 1.78. The topological polar surface area (TPSA) is 73.8 Å². The van der Waals surface area contributed by atoms with E-state index >= 15 is 0 Å².